The number of terminal acetylenes is 1. The van der Waals surface area contributed by atoms with Crippen LogP contribution in [0.15, 0.2) is 35.5 Å². The minimum atomic E-state index is -1.30. The van der Waals surface area contributed by atoms with Crippen LogP contribution in [-0.2, 0) is 10.8 Å². The third kappa shape index (κ3) is 4.84. The van der Waals surface area contributed by atoms with Gasteiger partial charge in [-0.1, -0.05) is 36.8 Å². The third-order valence-electron chi connectivity index (χ3n) is 10.6. The van der Waals surface area contributed by atoms with E-state index in [1.807, 2.05) is 0 Å². The SMILES string of the molecule is C#CC1CCC2(CC1)CC2n1c(N2CCCCC2c2ccccc2)nc2nc(S(C)=O)nc(N[C@H](C)C3CCC3)c21. The van der Waals surface area contributed by atoms with Crippen molar-refractivity contribution < 1.29 is 4.21 Å². The van der Waals surface area contributed by atoms with E-state index in [9.17, 15) is 4.21 Å². The minimum absolute atomic E-state index is 0.261. The van der Waals surface area contributed by atoms with Gasteiger partial charge in [-0.15, -0.1) is 12.3 Å². The van der Waals surface area contributed by atoms with Gasteiger partial charge in [-0.2, -0.15) is 9.97 Å². The lowest BCUT2D eigenvalue weighted by atomic mass is 9.79. The van der Waals surface area contributed by atoms with Gasteiger partial charge in [0, 0.05) is 30.8 Å². The second kappa shape index (κ2) is 10.7. The fourth-order valence-corrected chi connectivity index (χ4v) is 8.19. The zero-order valence-corrected chi connectivity index (χ0v) is 25.2. The number of benzene rings is 1. The quantitative estimate of drug-likeness (QED) is 0.253. The Labute approximate surface area is 246 Å². The Hall–Kier alpha value is -2.92. The van der Waals surface area contributed by atoms with Gasteiger partial charge in [-0.05, 0) is 88.0 Å². The van der Waals surface area contributed by atoms with Crippen molar-refractivity contribution >= 4 is 33.7 Å². The van der Waals surface area contributed by atoms with Gasteiger partial charge in [0.25, 0.3) is 0 Å². The van der Waals surface area contributed by atoms with Crippen LogP contribution >= 0.6 is 0 Å². The number of anilines is 2. The molecule has 0 bridgehead atoms. The summed E-state index contributed by atoms with van der Waals surface area (Å²) in [5, 5.41) is 4.14. The lowest BCUT2D eigenvalue weighted by Crippen LogP contribution is -2.35. The second-order valence-corrected chi connectivity index (χ2v) is 14.3. The molecule has 41 heavy (non-hydrogen) atoms. The number of hydrogen-bond acceptors (Lipinski definition) is 6. The van der Waals surface area contributed by atoms with Crippen LogP contribution in [0.1, 0.15) is 95.2 Å². The molecule has 1 aromatic carbocycles. The van der Waals surface area contributed by atoms with Crippen LogP contribution in [0.3, 0.4) is 0 Å². The predicted octanol–water partition coefficient (Wildman–Crippen LogP) is 6.65. The van der Waals surface area contributed by atoms with Crippen LogP contribution in [0.2, 0.25) is 0 Å². The normalized spacial score (nSPS) is 29.6. The van der Waals surface area contributed by atoms with E-state index in [0.717, 1.165) is 68.8 Å². The highest BCUT2D eigenvalue weighted by atomic mass is 32.2. The van der Waals surface area contributed by atoms with E-state index in [0.29, 0.717) is 28.7 Å². The molecule has 0 amide bonds. The van der Waals surface area contributed by atoms with Gasteiger partial charge in [-0.3, -0.25) is 4.21 Å². The van der Waals surface area contributed by atoms with Crippen molar-refractivity contribution in [3.63, 3.8) is 0 Å². The Morgan fingerprint density at radius 1 is 1.05 bits per heavy atom. The molecule has 4 aliphatic rings. The zero-order chi connectivity index (χ0) is 28.1. The largest absolute Gasteiger partial charge is 0.365 e. The lowest BCUT2D eigenvalue weighted by molar-refractivity contribution is 0.273. The summed E-state index contributed by atoms with van der Waals surface area (Å²) in [5.74, 6) is 5.86. The summed E-state index contributed by atoms with van der Waals surface area (Å²) in [6.45, 7) is 3.22. The Kier molecular flexibility index (Phi) is 7.05. The molecule has 3 unspecified atom stereocenters. The number of piperidine rings is 1. The first-order chi connectivity index (χ1) is 20.0. The summed E-state index contributed by atoms with van der Waals surface area (Å²) in [7, 11) is -1.30. The van der Waals surface area contributed by atoms with Gasteiger partial charge in [0.05, 0.1) is 16.8 Å². The van der Waals surface area contributed by atoms with E-state index in [4.69, 9.17) is 21.4 Å². The van der Waals surface area contributed by atoms with Gasteiger partial charge in [-0.25, -0.2) is 4.98 Å². The maximum absolute atomic E-state index is 12.7. The fourth-order valence-electron chi connectivity index (χ4n) is 7.75. The monoisotopic (exact) mass is 570 g/mol. The first kappa shape index (κ1) is 26.9. The van der Waals surface area contributed by atoms with Crippen LogP contribution in [0, 0.1) is 29.6 Å². The average molecular weight is 571 g/mol. The van der Waals surface area contributed by atoms with E-state index in [1.165, 1.54) is 31.2 Å². The fraction of sp³-hybridized carbons (Fsp3) is 0.606. The summed E-state index contributed by atoms with van der Waals surface area (Å²) in [4.78, 5) is 17.6. The van der Waals surface area contributed by atoms with Crippen molar-refractivity contribution in [3.05, 3.63) is 35.9 Å². The Morgan fingerprint density at radius 3 is 2.51 bits per heavy atom. The second-order valence-electron chi connectivity index (χ2n) is 13.0. The maximum Gasteiger partial charge on any atom is 0.222 e. The molecule has 3 saturated carbocycles. The van der Waals surface area contributed by atoms with E-state index in [1.54, 1.807) is 6.26 Å². The summed E-state index contributed by atoms with van der Waals surface area (Å²) in [5.41, 5.74) is 3.25. The Morgan fingerprint density at radius 2 is 1.83 bits per heavy atom. The van der Waals surface area contributed by atoms with Crippen molar-refractivity contribution in [3.8, 4) is 12.3 Å². The molecule has 216 valence electrons. The first-order valence-electron chi connectivity index (χ1n) is 15.6. The highest BCUT2D eigenvalue weighted by Gasteiger charge is 2.57. The summed E-state index contributed by atoms with van der Waals surface area (Å²) in [6.07, 6.45) is 20.4. The lowest BCUT2D eigenvalue weighted by Gasteiger charge is -2.37. The van der Waals surface area contributed by atoms with E-state index < -0.39 is 10.8 Å². The maximum atomic E-state index is 12.7. The molecule has 1 aliphatic heterocycles. The molecule has 2 aromatic heterocycles. The number of hydrogen-bond donors (Lipinski definition) is 1. The molecule has 4 fully saturated rings. The van der Waals surface area contributed by atoms with Crippen LogP contribution in [0.5, 0.6) is 0 Å². The standard InChI is InChI=1S/C33H42N6OS/c1-4-23-16-18-33(19-17-23)21-27(33)39-28-29(34-22(2)24-13-10-14-24)35-31(41(3)40)36-30(28)37-32(39)38-20-9-8-15-26(38)25-11-6-5-7-12-25/h1,5-7,11-12,22-24,26-27H,8-10,13-21H2,2-3H3,(H,34,35,36)/t22-,23?,26?,27?,33?,41?/m1/s1. The number of nitrogens with zero attached hydrogens (tertiary/aromatic N) is 5. The highest BCUT2D eigenvalue weighted by Crippen LogP contribution is 2.66. The van der Waals surface area contributed by atoms with Crippen LogP contribution in [0.25, 0.3) is 11.2 Å². The first-order valence-corrected chi connectivity index (χ1v) is 17.2. The highest BCUT2D eigenvalue weighted by molar-refractivity contribution is 7.84. The molecule has 3 heterocycles. The van der Waals surface area contributed by atoms with Crippen molar-refractivity contribution in [2.75, 3.05) is 23.0 Å². The summed E-state index contributed by atoms with van der Waals surface area (Å²) >= 11 is 0. The van der Waals surface area contributed by atoms with Crippen molar-refractivity contribution in [2.45, 2.75) is 101 Å². The molecule has 7 nitrogen and oxygen atoms in total. The molecule has 4 atom stereocenters. The minimum Gasteiger partial charge on any atom is -0.365 e. The predicted molar refractivity (Wildman–Crippen MR) is 165 cm³/mol. The average Bonchev–Trinajstić information content (AvgIpc) is 3.50. The van der Waals surface area contributed by atoms with E-state index in [2.05, 4.69) is 58.0 Å². The molecule has 1 N–H and O–H groups in total. The molecule has 1 saturated heterocycles. The molecule has 7 rings (SSSR count). The van der Waals surface area contributed by atoms with Gasteiger partial charge in [0.15, 0.2) is 11.5 Å². The Balaban J connectivity index is 1.37. The topological polar surface area (TPSA) is 75.9 Å². The van der Waals surface area contributed by atoms with Gasteiger partial charge in [0.2, 0.25) is 11.1 Å². The Bertz CT molecular complexity index is 1480. The van der Waals surface area contributed by atoms with E-state index >= 15 is 0 Å². The molecule has 3 aromatic rings. The molecular weight excluding hydrogens is 528 g/mol. The number of rotatable bonds is 7. The summed E-state index contributed by atoms with van der Waals surface area (Å²) in [6, 6.07) is 11.8. The van der Waals surface area contributed by atoms with Crippen LogP contribution in [-0.4, -0.2) is 42.6 Å². The van der Waals surface area contributed by atoms with Gasteiger partial charge < -0.3 is 14.8 Å². The molecule has 8 heteroatoms. The number of nitrogens with one attached hydrogen (secondary N) is 1. The van der Waals surface area contributed by atoms with Crippen LogP contribution in [0.4, 0.5) is 11.8 Å². The number of aromatic nitrogens is 4. The molecule has 1 spiro atoms. The van der Waals surface area contributed by atoms with Crippen molar-refractivity contribution in [2.24, 2.45) is 17.3 Å². The van der Waals surface area contributed by atoms with Crippen molar-refractivity contribution in [1.29, 1.82) is 0 Å². The molecule has 3 aliphatic carbocycles. The van der Waals surface area contributed by atoms with Gasteiger partial charge in [0.1, 0.15) is 5.52 Å². The summed E-state index contributed by atoms with van der Waals surface area (Å²) < 4.78 is 15.2. The van der Waals surface area contributed by atoms with E-state index in [-0.39, 0.29) is 17.5 Å². The number of fused-ring (bicyclic) bond motifs is 1. The molecular formula is C33H42N6OS. The molecule has 0 radical (unpaired) electrons. The third-order valence-corrected chi connectivity index (χ3v) is 11.3. The van der Waals surface area contributed by atoms with Crippen molar-refractivity contribution in [1.82, 2.24) is 19.5 Å². The van der Waals surface area contributed by atoms with Crippen LogP contribution < -0.4 is 10.2 Å². The van der Waals surface area contributed by atoms with Gasteiger partial charge >= 0.3 is 0 Å². The zero-order valence-electron chi connectivity index (χ0n) is 24.4. The smallest absolute Gasteiger partial charge is 0.222 e. The number of imidazole rings is 1.